The first-order chi connectivity index (χ1) is 18.4. The van der Waals surface area contributed by atoms with Gasteiger partial charge in [0.1, 0.15) is 12.4 Å². The van der Waals surface area contributed by atoms with E-state index >= 15 is 0 Å². The fourth-order valence-corrected chi connectivity index (χ4v) is 4.59. The zero-order valence-electron chi connectivity index (χ0n) is 24.5. The summed E-state index contributed by atoms with van der Waals surface area (Å²) in [6, 6.07) is 8.11. The van der Waals surface area contributed by atoms with Gasteiger partial charge in [0.15, 0.2) is 6.10 Å². The summed E-state index contributed by atoms with van der Waals surface area (Å²) in [4.78, 5) is 23.7. The number of carbonyl (C=O) groups excluding carboxylic acids is 1. The third kappa shape index (κ3) is 19.8. The normalized spacial score (nSPS) is 13.0. The zero-order valence-corrected chi connectivity index (χ0v) is 25.4. The Balaban J connectivity index is 2.23. The minimum atomic E-state index is -2.03. The lowest BCUT2D eigenvalue weighted by Gasteiger charge is -2.20. The fraction of sp³-hybridized carbons (Fsp3) is 0.767. The van der Waals surface area contributed by atoms with Gasteiger partial charge in [0.25, 0.3) is 0 Å². The molecule has 0 saturated carbocycles. The summed E-state index contributed by atoms with van der Waals surface area (Å²) in [6.45, 7) is 5.19. The van der Waals surface area contributed by atoms with Crippen LogP contribution >= 0.6 is 8.60 Å². The molecule has 2 unspecified atom stereocenters. The number of aryl methyl sites for hydroxylation is 1. The molecule has 8 heteroatoms. The summed E-state index contributed by atoms with van der Waals surface area (Å²) in [5.74, 6) is 0.380. The van der Waals surface area contributed by atoms with Crippen LogP contribution in [-0.2, 0) is 25.0 Å². The lowest BCUT2D eigenvalue weighted by Crippen LogP contribution is -2.29. The summed E-state index contributed by atoms with van der Waals surface area (Å²) in [6.07, 6.45) is 17.0. The number of likely N-dealkylation sites (N-methyl/N-ethyl adjacent to an activating group) is 1. The molecule has 1 aromatic carbocycles. The van der Waals surface area contributed by atoms with Crippen molar-refractivity contribution in [3.05, 3.63) is 29.8 Å². The van der Waals surface area contributed by atoms with E-state index in [4.69, 9.17) is 18.5 Å². The molecular formula is C30H54NO6P. The molecule has 0 aliphatic heterocycles. The Kier molecular flexibility index (Phi) is 21.6. The lowest BCUT2D eigenvalue weighted by molar-refractivity contribution is -0.152. The second-order valence-electron chi connectivity index (χ2n) is 10.2. The summed E-state index contributed by atoms with van der Waals surface area (Å²) in [5, 5.41) is 0. The molecule has 0 aliphatic carbocycles. The van der Waals surface area contributed by atoms with Gasteiger partial charge in [-0.25, -0.2) is 0 Å². The standard InChI is InChI=1S/C30H54NO6P/c1-5-7-8-9-10-11-12-13-14-15-16-17-18-27-19-21-28(22-20-27)34-25-29(37-30(32)6-2)26-36-38(33)35-24-23-31(3)4/h19-22,29,33H,5-18,23-26H2,1-4H3. The Bertz CT molecular complexity index is 688. The third-order valence-electron chi connectivity index (χ3n) is 6.38. The van der Waals surface area contributed by atoms with Crippen LogP contribution in [0.5, 0.6) is 5.75 Å². The number of esters is 1. The van der Waals surface area contributed by atoms with Gasteiger partial charge in [-0.1, -0.05) is 96.6 Å². The zero-order chi connectivity index (χ0) is 27.8. The average Bonchev–Trinajstić information content (AvgIpc) is 2.91. The van der Waals surface area contributed by atoms with Crippen LogP contribution in [-0.4, -0.2) is 62.3 Å². The smallest absolute Gasteiger partial charge is 0.330 e. The highest BCUT2D eigenvalue weighted by molar-refractivity contribution is 7.40. The molecule has 0 saturated heterocycles. The molecule has 0 fully saturated rings. The van der Waals surface area contributed by atoms with E-state index in [2.05, 4.69) is 19.1 Å². The largest absolute Gasteiger partial charge is 0.490 e. The topological polar surface area (TPSA) is 77.5 Å². The highest BCUT2D eigenvalue weighted by Crippen LogP contribution is 2.32. The first-order valence-corrected chi connectivity index (χ1v) is 15.9. The van der Waals surface area contributed by atoms with Crippen LogP contribution in [0.4, 0.5) is 0 Å². The Morgan fingerprint density at radius 1 is 0.842 bits per heavy atom. The molecule has 0 radical (unpaired) electrons. The fourth-order valence-electron chi connectivity index (χ4n) is 3.98. The molecule has 1 aromatic rings. The van der Waals surface area contributed by atoms with E-state index in [0.29, 0.717) is 13.2 Å². The van der Waals surface area contributed by atoms with Crippen LogP contribution in [0.2, 0.25) is 0 Å². The minimum Gasteiger partial charge on any atom is -0.490 e. The molecule has 1 rings (SSSR count). The Labute approximate surface area is 233 Å². The molecule has 2 atom stereocenters. The maximum absolute atomic E-state index is 11.8. The van der Waals surface area contributed by atoms with Crippen LogP contribution in [0.3, 0.4) is 0 Å². The van der Waals surface area contributed by atoms with Gasteiger partial charge in [-0.3, -0.25) is 4.79 Å². The number of hydrogen-bond donors (Lipinski definition) is 1. The third-order valence-corrected chi connectivity index (χ3v) is 7.15. The molecule has 0 heterocycles. The Morgan fingerprint density at radius 3 is 1.97 bits per heavy atom. The van der Waals surface area contributed by atoms with E-state index in [-0.39, 0.29) is 25.6 Å². The number of benzene rings is 1. The van der Waals surface area contributed by atoms with Crippen molar-refractivity contribution in [1.82, 2.24) is 4.90 Å². The Hall–Kier alpha value is -1.24. The van der Waals surface area contributed by atoms with E-state index in [1.165, 1.54) is 82.6 Å². The molecule has 0 aliphatic rings. The van der Waals surface area contributed by atoms with Crippen molar-refractivity contribution >= 4 is 14.6 Å². The van der Waals surface area contributed by atoms with Crippen molar-refractivity contribution in [2.45, 2.75) is 110 Å². The van der Waals surface area contributed by atoms with E-state index in [1.807, 2.05) is 31.1 Å². The second-order valence-corrected chi connectivity index (χ2v) is 11.2. The SMILES string of the molecule is CCCCCCCCCCCCCCc1ccc(OCC(COP(O)OCCN(C)C)OC(=O)CC)cc1. The molecule has 38 heavy (non-hydrogen) atoms. The van der Waals surface area contributed by atoms with Gasteiger partial charge in [0.2, 0.25) is 0 Å². The van der Waals surface area contributed by atoms with Crippen LogP contribution in [0, 0.1) is 0 Å². The van der Waals surface area contributed by atoms with Crippen molar-refractivity contribution in [2.24, 2.45) is 0 Å². The summed E-state index contributed by atoms with van der Waals surface area (Å²) >= 11 is 0. The van der Waals surface area contributed by atoms with Gasteiger partial charge in [0, 0.05) is 13.0 Å². The predicted octanol–water partition coefficient (Wildman–Crippen LogP) is 7.44. The van der Waals surface area contributed by atoms with Crippen LogP contribution in [0.25, 0.3) is 0 Å². The van der Waals surface area contributed by atoms with Gasteiger partial charge in [-0.05, 0) is 44.6 Å². The average molecular weight is 556 g/mol. The molecule has 1 N–H and O–H groups in total. The summed E-state index contributed by atoms with van der Waals surface area (Å²) in [7, 11) is 1.82. The first kappa shape index (κ1) is 34.8. The van der Waals surface area contributed by atoms with E-state index in [9.17, 15) is 9.69 Å². The maximum Gasteiger partial charge on any atom is 0.330 e. The van der Waals surface area contributed by atoms with Gasteiger partial charge < -0.3 is 28.3 Å². The van der Waals surface area contributed by atoms with Gasteiger partial charge in [-0.2, -0.15) is 0 Å². The van der Waals surface area contributed by atoms with Crippen molar-refractivity contribution < 1.29 is 28.2 Å². The number of nitrogens with zero attached hydrogens (tertiary/aromatic N) is 1. The van der Waals surface area contributed by atoms with Crippen molar-refractivity contribution in [2.75, 3.05) is 40.5 Å². The molecule has 0 aromatic heterocycles. The van der Waals surface area contributed by atoms with Crippen molar-refractivity contribution in [1.29, 1.82) is 0 Å². The number of rotatable bonds is 25. The molecule has 0 bridgehead atoms. The lowest BCUT2D eigenvalue weighted by atomic mass is 10.0. The minimum absolute atomic E-state index is 0.00690. The molecule has 0 spiro atoms. The van der Waals surface area contributed by atoms with E-state index < -0.39 is 14.7 Å². The molecule has 220 valence electrons. The quantitative estimate of drug-likeness (QED) is 0.0763. The van der Waals surface area contributed by atoms with Crippen LogP contribution in [0.15, 0.2) is 24.3 Å². The van der Waals surface area contributed by atoms with Gasteiger partial charge in [0.05, 0.1) is 13.2 Å². The van der Waals surface area contributed by atoms with Crippen LogP contribution in [0.1, 0.15) is 103 Å². The maximum atomic E-state index is 11.8. The molecule has 7 nitrogen and oxygen atoms in total. The predicted molar refractivity (Wildman–Crippen MR) is 156 cm³/mol. The highest BCUT2D eigenvalue weighted by Gasteiger charge is 2.18. The molecular weight excluding hydrogens is 501 g/mol. The Morgan fingerprint density at radius 2 is 1.42 bits per heavy atom. The highest BCUT2D eigenvalue weighted by atomic mass is 31.2. The monoisotopic (exact) mass is 555 g/mol. The van der Waals surface area contributed by atoms with E-state index in [0.717, 1.165) is 12.2 Å². The van der Waals surface area contributed by atoms with Gasteiger partial charge in [-0.15, -0.1) is 0 Å². The number of hydrogen-bond acceptors (Lipinski definition) is 7. The van der Waals surface area contributed by atoms with E-state index in [1.54, 1.807) is 6.92 Å². The van der Waals surface area contributed by atoms with Crippen LogP contribution < -0.4 is 4.74 Å². The first-order valence-electron chi connectivity index (χ1n) is 14.7. The second kappa shape index (κ2) is 23.6. The number of ether oxygens (including phenoxy) is 2. The molecule has 0 amide bonds. The van der Waals surface area contributed by atoms with Gasteiger partial charge >= 0.3 is 14.6 Å². The summed E-state index contributed by atoms with van der Waals surface area (Å²) in [5.41, 5.74) is 1.31. The van der Waals surface area contributed by atoms with Crippen molar-refractivity contribution in [3.63, 3.8) is 0 Å². The number of carbonyl (C=O) groups is 1. The van der Waals surface area contributed by atoms with Crippen molar-refractivity contribution in [3.8, 4) is 5.75 Å². The number of unbranched alkanes of at least 4 members (excludes halogenated alkanes) is 11. The summed E-state index contributed by atoms with van der Waals surface area (Å²) < 4.78 is 21.9.